The van der Waals surface area contributed by atoms with Crippen LogP contribution in [-0.4, -0.2) is 58.5 Å². The molecular weight excluding hydrogens is 437 g/mol. The highest BCUT2D eigenvalue weighted by atomic mass is 35.5. The van der Waals surface area contributed by atoms with Crippen LogP contribution in [0.3, 0.4) is 0 Å². The van der Waals surface area contributed by atoms with E-state index in [-0.39, 0.29) is 34.3 Å². The van der Waals surface area contributed by atoms with Crippen molar-refractivity contribution in [1.29, 1.82) is 0 Å². The van der Waals surface area contributed by atoms with E-state index in [2.05, 4.69) is 20.4 Å². The zero-order valence-corrected chi connectivity index (χ0v) is 17.3. The monoisotopic (exact) mass is 453 g/mol. The summed E-state index contributed by atoms with van der Waals surface area (Å²) in [5.74, 6) is -1.39. The first-order valence-corrected chi connectivity index (χ1v) is 11.2. The smallest absolute Gasteiger partial charge is 0.263 e. The van der Waals surface area contributed by atoms with Crippen LogP contribution >= 0.6 is 11.6 Å². The number of amides is 1. The van der Waals surface area contributed by atoms with Gasteiger partial charge in [0.25, 0.3) is 5.91 Å². The van der Waals surface area contributed by atoms with Gasteiger partial charge in [-0.1, -0.05) is 11.6 Å². The molecule has 3 aromatic heterocycles. The Labute approximate surface area is 175 Å². The molecule has 0 spiro atoms. The molecule has 1 unspecified atom stereocenters. The zero-order valence-electron chi connectivity index (χ0n) is 15.7. The second kappa shape index (κ2) is 7.36. The number of hydrogen-bond donors (Lipinski definition) is 2. The number of pyridine rings is 1. The predicted octanol–water partition coefficient (Wildman–Crippen LogP) is 1.37. The first-order chi connectivity index (χ1) is 14.1. The van der Waals surface area contributed by atoms with Crippen LogP contribution in [0.4, 0.5) is 21.6 Å². The average molecular weight is 454 g/mol. The number of nitrogens with two attached hydrogens (primary N) is 1. The van der Waals surface area contributed by atoms with Gasteiger partial charge in [-0.25, -0.2) is 22.3 Å². The van der Waals surface area contributed by atoms with Crippen molar-refractivity contribution in [2.24, 2.45) is 0 Å². The van der Waals surface area contributed by atoms with Crippen LogP contribution in [0.25, 0.3) is 5.65 Å². The summed E-state index contributed by atoms with van der Waals surface area (Å²) >= 11 is 6.32. The molecule has 3 N–H and O–H groups in total. The lowest BCUT2D eigenvalue weighted by Crippen LogP contribution is -2.27. The van der Waals surface area contributed by atoms with Gasteiger partial charge in [0.15, 0.2) is 27.1 Å². The SMILES string of the molecule is CS(=O)(=O)C1CCN(c2c(Cl)cncc2NC(=O)c2c(N)nn3cc(F)cnc23)C1. The second-order valence-electron chi connectivity index (χ2n) is 6.96. The Balaban J connectivity index is 1.68. The minimum atomic E-state index is -3.22. The number of nitrogen functional groups attached to an aromatic ring is 1. The maximum atomic E-state index is 13.4. The zero-order chi connectivity index (χ0) is 21.6. The molecule has 0 bridgehead atoms. The Kier molecular flexibility index (Phi) is 4.98. The highest BCUT2D eigenvalue weighted by Crippen LogP contribution is 2.36. The molecule has 13 heteroatoms. The number of rotatable bonds is 4. The molecule has 3 aromatic rings. The topological polar surface area (TPSA) is 136 Å². The lowest BCUT2D eigenvalue weighted by Gasteiger charge is -2.23. The predicted molar refractivity (Wildman–Crippen MR) is 110 cm³/mol. The molecule has 1 fully saturated rings. The molecule has 0 aromatic carbocycles. The molecular formula is C17H17ClFN7O3S. The number of nitrogens with one attached hydrogen (secondary N) is 1. The van der Waals surface area contributed by atoms with Crippen molar-refractivity contribution in [1.82, 2.24) is 19.6 Å². The maximum Gasteiger partial charge on any atom is 0.263 e. The fourth-order valence-corrected chi connectivity index (χ4v) is 4.72. The average Bonchev–Trinajstić information content (AvgIpc) is 3.25. The molecule has 0 radical (unpaired) electrons. The van der Waals surface area contributed by atoms with Crippen molar-refractivity contribution in [3.8, 4) is 0 Å². The number of hydrogen-bond acceptors (Lipinski definition) is 8. The largest absolute Gasteiger partial charge is 0.381 e. The summed E-state index contributed by atoms with van der Waals surface area (Å²) in [5.41, 5.74) is 6.63. The number of sulfone groups is 1. The Morgan fingerprint density at radius 2 is 2.13 bits per heavy atom. The summed E-state index contributed by atoms with van der Waals surface area (Å²) in [4.78, 5) is 22.6. The molecule has 1 atom stereocenters. The third-order valence-corrected chi connectivity index (χ3v) is 6.76. The van der Waals surface area contributed by atoms with E-state index < -0.39 is 26.8 Å². The molecule has 4 heterocycles. The summed E-state index contributed by atoms with van der Waals surface area (Å²) in [7, 11) is -3.22. The first-order valence-electron chi connectivity index (χ1n) is 8.83. The molecule has 0 saturated carbocycles. The summed E-state index contributed by atoms with van der Waals surface area (Å²) in [6.07, 6.45) is 6.46. The van der Waals surface area contributed by atoms with E-state index in [0.29, 0.717) is 18.7 Å². The van der Waals surface area contributed by atoms with Gasteiger partial charge in [-0.2, -0.15) is 0 Å². The van der Waals surface area contributed by atoms with Crippen molar-refractivity contribution in [3.05, 3.63) is 41.2 Å². The van der Waals surface area contributed by atoms with Crippen LogP contribution in [0, 0.1) is 5.82 Å². The first kappa shape index (κ1) is 20.3. The molecule has 4 rings (SSSR count). The van der Waals surface area contributed by atoms with E-state index in [4.69, 9.17) is 17.3 Å². The van der Waals surface area contributed by atoms with Crippen LogP contribution in [0.1, 0.15) is 16.8 Å². The molecule has 1 amide bonds. The highest BCUT2D eigenvalue weighted by molar-refractivity contribution is 7.91. The van der Waals surface area contributed by atoms with Crippen molar-refractivity contribution < 1.29 is 17.6 Å². The van der Waals surface area contributed by atoms with Crippen LogP contribution < -0.4 is 16.0 Å². The minimum Gasteiger partial charge on any atom is -0.381 e. The number of halogens is 2. The molecule has 10 nitrogen and oxygen atoms in total. The Bertz CT molecular complexity index is 1260. The van der Waals surface area contributed by atoms with E-state index in [9.17, 15) is 17.6 Å². The van der Waals surface area contributed by atoms with Crippen molar-refractivity contribution >= 4 is 50.2 Å². The summed E-state index contributed by atoms with van der Waals surface area (Å²) in [6.45, 7) is 0.690. The third kappa shape index (κ3) is 3.63. The fraction of sp³-hybridized carbons (Fsp3) is 0.294. The van der Waals surface area contributed by atoms with Gasteiger partial charge in [-0.15, -0.1) is 5.10 Å². The number of carbonyl (C=O) groups is 1. The van der Waals surface area contributed by atoms with Gasteiger partial charge in [0.05, 0.1) is 40.2 Å². The van der Waals surface area contributed by atoms with Crippen molar-refractivity contribution in [3.63, 3.8) is 0 Å². The van der Waals surface area contributed by atoms with Gasteiger partial charge in [-0.05, 0) is 6.42 Å². The normalized spacial score (nSPS) is 16.9. The van der Waals surface area contributed by atoms with Gasteiger partial charge in [0, 0.05) is 25.5 Å². The molecule has 1 saturated heterocycles. The number of anilines is 3. The standard InChI is InChI=1S/C17H17ClFN7O3S/c1-30(28,29)10-2-3-25(8-10)14-11(18)5-21-6-12(14)23-17(27)13-15(20)24-26-7-9(19)4-22-16(13)26/h4-7,10H,2-3,8H2,1H3,(H2,20,24)(H,23,27). The van der Waals surface area contributed by atoms with Gasteiger partial charge >= 0.3 is 0 Å². The number of aromatic nitrogens is 4. The fourth-order valence-electron chi connectivity index (χ4n) is 3.45. The molecule has 1 aliphatic heterocycles. The maximum absolute atomic E-state index is 13.4. The summed E-state index contributed by atoms with van der Waals surface area (Å²) < 4.78 is 38.3. The van der Waals surface area contributed by atoms with E-state index in [1.807, 2.05) is 0 Å². The van der Waals surface area contributed by atoms with Crippen LogP contribution in [0.2, 0.25) is 5.02 Å². The molecule has 1 aliphatic rings. The van der Waals surface area contributed by atoms with Gasteiger partial charge < -0.3 is 16.0 Å². The lowest BCUT2D eigenvalue weighted by molar-refractivity contribution is 0.102. The Morgan fingerprint density at radius 1 is 1.37 bits per heavy atom. The van der Waals surface area contributed by atoms with Gasteiger partial charge in [0.2, 0.25) is 0 Å². The van der Waals surface area contributed by atoms with Crippen molar-refractivity contribution in [2.75, 3.05) is 35.3 Å². The molecule has 158 valence electrons. The molecule has 30 heavy (non-hydrogen) atoms. The summed E-state index contributed by atoms with van der Waals surface area (Å²) in [6, 6.07) is 0. The van der Waals surface area contributed by atoms with Crippen molar-refractivity contribution in [2.45, 2.75) is 11.7 Å². The quantitative estimate of drug-likeness (QED) is 0.604. The number of nitrogens with zero attached hydrogens (tertiary/aromatic N) is 5. The molecule has 0 aliphatic carbocycles. The van der Waals surface area contributed by atoms with Gasteiger partial charge in [-0.3, -0.25) is 9.78 Å². The highest BCUT2D eigenvalue weighted by Gasteiger charge is 2.32. The van der Waals surface area contributed by atoms with Gasteiger partial charge in [0.1, 0.15) is 5.56 Å². The number of fused-ring (bicyclic) bond motifs is 1. The van der Waals surface area contributed by atoms with E-state index in [1.165, 1.54) is 18.6 Å². The lowest BCUT2D eigenvalue weighted by atomic mass is 10.2. The minimum absolute atomic E-state index is 0.0311. The van der Waals surface area contributed by atoms with E-state index in [1.54, 1.807) is 4.90 Å². The summed E-state index contributed by atoms with van der Waals surface area (Å²) in [5, 5.41) is 6.32. The number of carbonyl (C=O) groups excluding carboxylic acids is 1. The van der Waals surface area contributed by atoms with Crippen LogP contribution in [-0.2, 0) is 9.84 Å². The van der Waals surface area contributed by atoms with Crippen LogP contribution in [0.15, 0.2) is 24.8 Å². The van der Waals surface area contributed by atoms with Crippen LogP contribution in [0.5, 0.6) is 0 Å². The van der Waals surface area contributed by atoms with E-state index >= 15 is 0 Å². The Hall–Kier alpha value is -2.99. The second-order valence-corrected chi connectivity index (χ2v) is 9.69. The Morgan fingerprint density at radius 3 is 2.83 bits per heavy atom. The van der Waals surface area contributed by atoms with E-state index in [0.717, 1.165) is 16.9 Å². The third-order valence-electron chi connectivity index (χ3n) is 4.88.